The van der Waals surface area contributed by atoms with Crippen molar-refractivity contribution in [2.45, 2.75) is 33.3 Å². The molecule has 19 heavy (non-hydrogen) atoms. The minimum absolute atomic E-state index is 0.0401. The average molecular weight is 286 g/mol. The van der Waals surface area contributed by atoms with Gasteiger partial charge in [-0.3, -0.25) is 0 Å². The number of aryl methyl sites for hydroxylation is 1. The highest BCUT2D eigenvalue weighted by Crippen LogP contribution is 2.22. The van der Waals surface area contributed by atoms with Crippen LogP contribution in [0.1, 0.15) is 37.5 Å². The Morgan fingerprint density at radius 3 is 2.53 bits per heavy atom. The first-order chi connectivity index (χ1) is 8.85. The minimum atomic E-state index is -3.00. The van der Waals surface area contributed by atoms with Crippen LogP contribution in [0.3, 0.4) is 0 Å². The van der Waals surface area contributed by atoms with E-state index in [4.69, 9.17) is 4.74 Å². The minimum Gasteiger partial charge on any atom is -0.492 e. The fraction of sp³-hybridized carbons (Fsp3) is 0.571. The molecule has 0 spiro atoms. The van der Waals surface area contributed by atoms with E-state index in [0.717, 1.165) is 11.1 Å². The van der Waals surface area contributed by atoms with Crippen LogP contribution in [-0.4, -0.2) is 31.6 Å². The highest BCUT2D eigenvalue weighted by atomic mass is 32.2. The number of sulfone groups is 1. The van der Waals surface area contributed by atoms with Gasteiger partial charge in [0.15, 0.2) is 9.84 Å². The van der Waals surface area contributed by atoms with Gasteiger partial charge in [-0.15, -0.1) is 0 Å². The number of aliphatic hydroxyl groups is 1. The first-order valence-electron chi connectivity index (χ1n) is 6.47. The first kappa shape index (κ1) is 16.0. The second-order valence-corrected chi connectivity index (χ2v) is 7.00. The molecule has 5 heteroatoms. The van der Waals surface area contributed by atoms with Crippen LogP contribution < -0.4 is 4.74 Å². The van der Waals surface area contributed by atoms with Crippen LogP contribution in [0.5, 0.6) is 5.75 Å². The van der Waals surface area contributed by atoms with E-state index in [0.29, 0.717) is 12.2 Å². The van der Waals surface area contributed by atoms with Crippen molar-refractivity contribution in [2.24, 2.45) is 0 Å². The molecule has 0 saturated carbocycles. The molecule has 0 fully saturated rings. The third kappa shape index (κ3) is 5.20. The van der Waals surface area contributed by atoms with E-state index in [9.17, 15) is 13.5 Å². The molecule has 0 unspecified atom stereocenters. The van der Waals surface area contributed by atoms with Gasteiger partial charge >= 0.3 is 0 Å². The Labute approximate surface area is 115 Å². The van der Waals surface area contributed by atoms with Crippen LogP contribution in [0.4, 0.5) is 0 Å². The molecule has 0 bridgehead atoms. The summed E-state index contributed by atoms with van der Waals surface area (Å²) in [5.41, 5.74) is 1.72. The fourth-order valence-electron chi connectivity index (χ4n) is 1.79. The molecular formula is C14H22O4S. The molecule has 1 rings (SSSR count). The summed E-state index contributed by atoms with van der Waals surface area (Å²) < 4.78 is 28.6. The Morgan fingerprint density at radius 2 is 2.00 bits per heavy atom. The summed E-state index contributed by atoms with van der Waals surface area (Å²) in [6.45, 7) is 5.59. The van der Waals surface area contributed by atoms with Gasteiger partial charge in [0.2, 0.25) is 0 Å². The fourth-order valence-corrected chi connectivity index (χ4v) is 2.95. The monoisotopic (exact) mass is 286 g/mol. The molecule has 0 heterocycles. The molecule has 0 aromatic heterocycles. The number of rotatable bonds is 7. The van der Waals surface area contributed by atoms with Crippen molar-refractivity contribution in [3.8, 4) is 5.75 Å². The molecule has 1 N–H and O–H groups in total. The Morgan fingerprint density at radius 1 is 1.32 bits per heavy atom. The quantitative estimate of drug-likeness (QED) is 0.835. The van der Waals surface area contributed by atoms with Gasteiger partial charge in [0, 0.05) is 0 Å². The normalized spacial score (nSPS) is 13.3. The van der Waals surface area contributed by atoms with E-state index in [-0.39, 0.29) is 18.1 Å². The molecule has 0 saturated heterocycles. The number of hydrogen-bond donors (Lipinski definition) is 1. The predicted octanol–water partition coefficient (Wildman–Crippen LogP) is 2.25. The molecule has 0 aliphatic carbocycles. The van der Waals surface area contributed by atoms with Gasteiger partial charge in [0.05, 0.1) is 17.6 Å². The third-order valence-corrected chi connectivity index (χ3v) is 4.67. The summed E-state index contributed by atoms with van der Waals surface area (Å²) in [5, 5.41) is 9.46. The van der Waals surface area contributed by atoms with Gasteiger partial charge < -0.3 is 9.84 Å². The van der Waals surface area contributed by atoms with Crippen LogP contribution in [0, 0.1) is 6.92 Å². The summed E-state index contributed by atoms with van der Waals surface area (Å²) in [7, 11) is -3.00. The van der Waals surface area contributed by atoms with Crippen LogP contribution in [0.25, 0.3) is 0 Å². The second kappa shape index (κ2) is 6.91. The van der Waals surface area contributed by atoms with Crippen LogP contribution in [0.15, 0.2) is 18.2 Å². The van der Waals surface area contributed by atoms with Gasteiger partial charge in [-0.25, -0.2) is 8.42 Å². The number of hydrogen-bond acceptors (Lipinski definition) is 4. The summed E-state index contributed by atoms with van der Waals surface area (Å²) in [4.78, 5) is 0. The maximum absolute atomic E-state index is 11.5. The van der Waals surface area contributed by atoms with Gasteiger partial charge in [0.25, 0.3) is 0 Å². The molecule has 1 aromatic rings. The van der Waals surface area contributed by atoms with E-state index in [1.54, 1.807) is 19.1 Å². The zero-order valence-electron chi connectivity index (χ0n) is 11.7. The third-order valence-electron chi connectivity index (χ3n) is 2.85. The summed E-state index contributed by atoms with van der Waals surface area (Å²) in [6.07, 6.45) is 0.113. The van der Waals surface area contributed by atoms with E-state index < -0.39 is 15.9 Å². The van der Waals surface area contributed by atoms with Crippen molar-refractivity contribution < 1.29 is 18.3 Å². The van der Waals surface area contributed by atoms with E-state index in [2.05, 4.69) is 0 Å². The first-order valence-corrected chi connectivity index (χ1v) is 8.29. The number of benzene rings is 1. The predicted molar refractivity (Wildman–Crippen MR) is 76.3 cm³/mol. The second-order valence-electron chi connectivity index (χ2n) is 4.70. The molecule has 108 valence electrons. The summed E-state index contributed by atoms with van der Waals surface area (Å²) in [5.74, 6) is 0.908. The number of ether oxygens (including phenoxy) is 1. The van der Waals surface area contributed by atoms with Gasteiger partial charge in [-0.05, 0) is 43.5 Å². The van der Waals surface area contributed by atoms with Crippen molar-refractivity contribution in [1.29, 1.82) is 0 Å². The van der Waals surface area contributed by atoms with Crippen molar-refractivity contribution in [1.82, 2.24) is 0 Å². The maximum atomic E-state index is 11.5. The topological polar surface area (TPSA) is 63.6 Å². The lowest BCUT2D eigenvalue weighted by molar-refractivity contribution is 0.199. The summed E-state index contributed by atoms with van der Waals surface area (Å²) >= 11 is 0. The maximum Gasteiger partial charge on any atom is 0.153 e. The van der Waals surface area contributed by atoms with Crippen LogP contribution in [0.2, 0.25) is 0 Å². The highest BCUT2D eigenvalue weighted by Gasteiger charge is 2.10. The van der Waals surface area contributed by atoms with Crippen LogP contribution in [-0.2, 0) is 9.84 Å². The molecule has 0 aliphatic heterocycles. The van der Waals surface area contributed by atoms with Gasteiger partial charge in [-0.1, -0.05) is 13.0 Å². The standard InChI is InChI=1S/C14H22O4S/c1-4-8-19(16,17)9-7-18-14-6-5-13(12(3)15)10-11(14)2/h5-6,10,12,15H,4,7-9H2,1-3H3/t12-/m1/s1. The molecule has 1 atom stereocenters. The van der Waals surface area contributed by atoms with Gasteiger partial charge in [-0.2, -0.15) is 0 Å². The molecule has 0 amide bonds. The van der Waals surface area contributed by atoms with Crippen molar-refractivity contribution >= 4 is 9.84 Å². The molecule has 0 radical (unpaired) electrons. The van der Waals surface area contributed by atoms with Crippen molar-refractivity contribution in [3.05, 3.63) is 29.3 Å². The zero-order valence-corrected chi connectivity index (χ0v) is 12.5. The van der Waals surface area contributed by atoms with E-state index >= 15 is 0 Å². The number of aliphatic hydroxyl groups excluding tert-OH is 1. The van der Waals surface area contributed by atoms with E-state index in [1.165, 1.54) is 0 Å². The van der Waals surface area contributed by atoms with E-state index in [1.807, 2.05) is 19.9 Å². The molecule has 1 aromatic carbocycles. The Balaban J connectivity index is 2.59. The molecular weight excluding hydrogens is 264 g/mol. The SMILES string of the molecule is CCCS(=O)(=O)CCOc1ccc([C@@H](C)O)cc1C. The Kier molecular flexibility index (Phi) is 5.82. The Hall–Kier alpha value is -1.07. The van der Waals surface area contributed by atoms with Crippen molar-refractivity contribution in [2.75, 3.05) is 18.1 Å². The lowest BCUT2D eigenvalue weighted by Gasteiger charge is -2.12. The zero-order chi connectivity index (χ0) is 14.5. The molecule has 0 aliphatic rings. The van der Waals surface area contributed by atoms with Crippen molar-refractivity contribution in [3.63, 3.8) is 0 Å². The largest absolute Gasteiger partial charge is 0.492 e. The van der Waals surface area contributed by atoms with Crippen LogP contribution >= 0.6 is 0 Å². The highest BCUT2D eigenvalue weighted by molar-refractivity contribution is 7.91. The Bertz CT molecular complexity index is 506. The lowest BCUT2D eigenvalue weighted by atomic mass is 10.1. The summed E-state index contributed by atoms with van der Waals surface area (Å²) in [6, 6.07) is 5.40. The smallest absolute Gasteiger partial charge is 0.153 e. The lowest BCUT2D eigenvalue weighted by Crippen LogP contribution is -2.17. The van der Waals surface area contributed by atoms with Gasteiger partial charge in [0.1, 0.15) is 12.4 Å². The molecule has 4 nitrogen and oxygen atoms in total. The average Bonchev–Trinajstić information content (AvgIpc) is 2.30.